The second-order valence-electron chi connectivity index (χ2n) is 2.27. The van der Waals surface area contributed by atoms with Gasteiger partial charge in [0.15, 0.2) is 0 Å². The van der Waals surface area contributed by atoms with Crippen molar-refractivity contribution in [2.75, 3.05) is 13.1 Å². The van der Waals surface area contributed by atoms with Crippen molar-refractivity contribution in [2.24, 2.45) is 0 Å². The highest BCUT2D eigenvalue weighted by molar-refractivity contribution is 5.74. The molecule has 0 aromatic carbocycles. The van der Waals surface area contributed by atoms with Crippen molar-refractivity contribution in [3.63, 3.8) is 0 Å². The van der Waals surface area contributed by atoms with E-state index in [2.05, 4.69) is 0 Å². The molecule has 1 saturated heterocycles. The largest absolute Gasteiger partial charge is 0.480 e. The second kappa shape index (κ2) is 2.35. The van der Waals surface area contributed by atoms with Gasteiger partial charge in [0.05, 0.1) is 0 Å². The van der Waals surface area contributed by atoms with Crippen molar-refractivity contribution < 1.29 is 9.90 Å². The Balaban J connectivity index is 2.35. The molecule has 0 spiro atoms. The van der Waals surface area contributed by atoms with Crippen molar-refractivity contribution in [1.29, 1.82) is 0 Å². The van der Waals surface area contributed by atoms with E-state index in [1.807, 2.05) is 11.8 Å². The highest BCUT2D eigenvalue weighted by atomic mass is 16.4. The SMILES string of the molecule is CCN1CC[C@H]1C(=O)O. The lowest BCUT2D eigenvalue weighted by atomic mass is 10.0. The molecule has 0 aliphatic carbocycles. The zero-order chi connectivity index (χ0) is 6.85. The minimum absolute atomic E-state index is 0.185. The molecule has 52 valence electrons. The molecule has 1 N–H and O–H groups in total. The van der Waals surface area contributed by atoms with Gasteiger partial charge in [0, 0.05) is 6.54 Å². The lowest BCUT2D eigenvalue weighted by Gasteiger charge is -2.36. The van der Waals surface area contributed by atoms with Crippen LogP contribution in [-0.2, 0) is 4.79 Å². The molecule has 0 aromatic rings. The molecule has 0 bridgehead atoms. The quantitative estimate of drug-likeness (QED) is 0.577. The molecule has 1 fully saturated rings. The van der Waals surface area contributed by atoms with E-state index in [0.29, 0.717) is 0 Å². The van der Waals surface area contributed by atoms with Crippen LogP contribution in [0.2, 0.25) is 0 Å². The summed E-state index contributed by atoms with van der Waals surface area (Å²) in [5, 5.41) is 8.49. The smallest absolute Gasteiger partial charge is 0.320 e. The number of aliphatic carboxylic acids is 1. The lowest BCUT2D eigenvalue weighted by molar-refractivity contribution is -0.147. The molecule has 0 saturated carbocycles. The molecule has 1 aliphatic rings. The van der Waals surface area contributed by atoms with Crippen LogP contribution in [0.1, 0.15) is 13.3 Å². The molecule has 1 aliphatic heterocycles. The van der Waals surface area contributed by atoms with Crippen LogP contribution in [0.25, 0.3) is 0 Å². The van der Waals surface area contributed by atoms with Crippen molar-refractivity contribution in [1.82, 2.24) is 4.90 Å². The first-order chi connectivity index (χ1) is 4.25. The molecule has 0 radical (unpaired) electrons. The first kappa shape index (κ1) is 6.55. The van der Waals surface area contributed by atoms with E-state index < -0.39 is 5.97 Å². The van der Waals surface area contributed by atoms with Gasteiger partial charge in [-0.25, -0.2) is 0 Å². The topological polar surface area (TPSA) is 40.5 Å². The van der Waals surface area contributed by atoms with Gasteiger partial charge in [-0.1, -0.05) is 6.92 Å². The van der Waals surface area contributed by atoms with E-state index in [0.717, 1.165) is 19.5 Å². The number of hydrogen-bond acceptors (Lipinski definition) is 2. The number of likely N-dealkylation sites (N-methyl/N-ethyl adjacent to an activating group) is 1. The van der Waals surface area contributed by atoms with Crippen LogP contribution in [-0.4, -0.2) is 35.1 Å². The summed E-state index contributed by atoms with van der Waals surface area (Å²) in [6.45, 7) is 3.79. The summed E-state index contributed by atoms with van der Waals surface area (Å²) in [5.74, 6) is -0.678. The number of carboxylic acids is 1. The first-order valence-corrected chi connectivity index (χ1v) is 3.22. The maximum Gasteiger partial charge on any atom is 0.320 e. The van der Waals surface area contributed by atoms with E-state index >= 15 is 0 Å². The Bertz CT molecular complexity index is 122. The minimum Gasteiger partial charge on any atom is -0.480 e. The van der Waals surface area contributed by atoms with Gasteiger partial charge in [-0.15, -0.1) is 0 Å². The van der Waals surface area contributed by atoms with Gasteiger partial charge in [-0.2, -0.15) is 0 Å². The van der Waals surface area contributed by atoms with Crippen LogP contribution in [0.4, 0.5) is 0 Å². The number of carbonyl (C=O) groups is 1. The van der Waals surface area contributed by atoms with Crippen LogP contribution < -0.4 is 0 Å². The molecule has 1 rings (SSSR count). The Kier molecular flexibility index (Phi) is 1.71. The zero-order valence-electron chi connectivity index (χ0n) is 5.50. The third-order valence-electron chi connectivity index (χ3n) is 1.82. The van der Waals surface area contributed by atoms with E-state index in [4.69, 9.17) is 5.11 Å². The third kappa shape index (κ3) is 1.05. The number of nitrogens with zero attached hydrogens (tertiary/aromatic N) is 1. The molecular formula is C6H11NO2. The Morgan fingerprint density at radius 2 is 2.56 bits per heavy atom. The van der Waals surface area contributed by atoms with Gasteiger partial charge in [-0.05, 0) is 13.0 Å². The fourth-order valence-electron chi connectivity index (χ4n) is 1.10. The number of hydrogen-bond donors (Lipinski definition) is 1. The number of likely N-dealkylation sites (tertiary alicyclic amines) is 1. The highest BCUT2D eigenvalue weighted by Gasteiger charge is 2.32. The van der Waals surface area contributed by atoms with Crippen LogP contribution in [0.5, 0.6) is 0 Å². The third-order valence-corrected chi connectivity index (χ3v) is 1.82. The second-order valence-corrected chi connectivity index (χ2v) is 2.27. The van der Waals surface area contributed by atoms with Crippen LogP contribution in [0, 0.1) is 0 Å². The monoisotopic (exact) mass is 129 g/mol. The van der Waals surface area contributed by atoms with Crippen LogP contribution in [0.15, 0.2) is 0 Å². The van der Waals surface area contributed by atoms with Crippen molar-refractivity contribution in [3.05, 3.63) is 0 Å². The Morgan fingerprint density at radius 1 is 1.89 bits per heavy atom. The first-order valence-electron chi connectivity index (χ1n) is 3.22. The van der Waals surface area contributed by atoms with E-state index in [-0.39, 0.29) is 6.04 Å². The molecule has 1 atom stereocenters. The zero-order valence-corrected chi connectivity index (χ0v) is 5.50. The van der Waals surface area contributed by atoms with Gasteiger partial charge >= 0.3 is 5.97 Å². The van der Waals surface area contributed by atoms with Gasteiger partial charge in [-0.3, -0.25) is 9.69 Å². The average molecular weight is 129 g/mol. The molecule has 9 heavy (non-hydrogen) atoms. The van der Waals surface area contributed by atoms with Crippen molar-refractivity contribution >= 4 is 5.97 Å². The van der Waals surface area contributed by atoms with Crippen molar-refractivity contribution in [2.45, 2.75) is 19.4 Å². The highest BCUT2D eigenvalue weighted by Crippen LogP contribution is 2.15. The summed E-state index contributed by atoms with van der Waals surface area (Å²) in [6, 6.07) is -0.185. The summed E-state index contributed by atoms with van der Waals surface area (Å²) in [6.07, 6.45) is 0.823. The predicted molar refractivity (Wildman–Crippen MR) is 33.3 cm³/mol. The van der Waals surface area contributed by atoms with Gasteiger partial charge in [0.25, 0.3) is 0 Å². The van der Waals surface area contributed by atoms with Gasteiger partial charge in [0.2, 0.25) is 0 Å². The fourth-order valence-corrected chi connectivity index (χ4v) is 1.10. The molecule has 0 amide bonds. The predicted octanol–water partition coefficient (Wildman–Crippen LogP) is 0.165. The molecule has 0 aromatic heterocycles. The average Bonchev–Trinajstić information content (AvgIpc) is 1.61. The Morgan fingerprint density at radius 3 is 2.67 bits per heavy atom. The minimum atomic E-state index is -0.678. The lowest BCUT2D eigenvalue weighted by Crippen LogP contribution is -2.51. The van der Waals surface area contributed by atoms with E-state index in [1.54, 1.807) is 0 Å². The molecule has 1 heterocycles. The molecule has 3 nitrogen and oxygen atoms in total. The number of rotatable bonds is 2. The maximum atomic E-state index is 10.3. The van der Waals surface area contributed by atoms with E-state index in [1.165, 1.54) is 0 Å². The number of carboxylic acid groups (broad SMARTS) is 1. The summed E-state index contributed by atoms with van der Waals surface area (Å²) in [5.41, 5.74) is 0. The van der Waals surface area contributed by atoms with Gasteiger partial charge < -0.3 is 5.11 Å². The molecular weight excluding hydrogens is 118 g/mol. The maximum absolute atomic E-state index is 10.3. The van der Waals surface area contributed by atoms with Gasteiger partial charge in [0.1, 0.15) is 6.04 Å². The van der Waals surface area contributed by atoms with E-state index in [9.17, 15) is 4.79 Å². The fraction of sp³-hybridized carbons (Fsp3) is 0.833. The van der Waals surface area contributed by atoms with Crippen LogP contribution in [0.3, 0.4) is 0 Å². The summed E-state index contributed by atoms with van der Waals surface area (Å²) in [4.78, 5) is 12.3. The Hall–Kier alpha value is -0.570. The normalized spacial score (nSPS) is 27.4. The molecule has 0 unspecified atom stereocenters. The van der Waals surface area contributed by atoms with Crippen LogP contribution >= 0.6 is 0 Å². The van der Waals surface area contributed by atoms with Crippen molar-refractivity contribution in [3.8, 4) is 0 Å². The summed E-state index contributed by atoms with van der Waals surface area (Å²) < 4.78 is 0. The molecule has 3 heteroatoms. The Labute approximate surface area is 54.3 Å². The summed E-state index contributed by atoms with van der Waals surface area (Å²) in [7, 11) is 0. The standard InChI is InChI=1S/C6H11NO2/c1-2-7-4-3-5(7)6(8)9/h5H,2-4H2,1H3,(H,8,9)/t5-/m0/s1. The summed E-state index contributed by atoms with van der Waals surface area (Å²) >= 11 is 0.